The van der Waals surface area contributed by atoms with Gasteiger partial charge in [-0.05, 0) is 87.6 Å². The molecule has 2 amide bonds. The second kappa shape index (κ2) is 10.8. The first-order valence-corrected chi connectivity index (χ1v) is 12.5. The average molecular weight is 523 g/mol. The third-order valence-corrected chi connectivity index (χ3v) is 6.83. The summed E-state index contributed by atoms with van der Waals surface area (Å²) < 4.78 is 19.4. The molecule has 5 nitrogen and oxygen atoms in total. The maximum Gasteiger partial charge on any atom is 0.410 e. The number of nitrogens with zero attached hydrogens (tertiary/aromatic N) is 2. The topological polar surface area (TPSA) is 49.9 Å². The van der Waals surface area contributed by atoms with E-state index >= 15 is 0 Å². The van der Waals surface area contributed by atoms with Gasteiger partial charge >= 0.3 is 6.09 Å². The zero-order chi connectivity index (χ0) is 26.0. The summed E-state index contributed by atoms with van der Waals surface area (Å²) in [6.45, 7) is 8.64. The largest absolute Gasteiger partial charge is 0.444 e. The van der Waals surface area contributed by atoms with Crippen LogP contribution in [0.25, 0.3) is 0 Å². The summed E-state index contributed by atoms with van der Waals surface area (Å²) in [6.07, 6.45) is 1.03. The molecular formula is C27H33Cl2FN2O3. The molecule has 1 aliphatic heterocycles. The summed E-state index contributed by atoms with van der Waals surface area (Å²) in [6, 6.07) is 9.94. The number of ether oxygens (including phenoxy) is 1. The van der Waals surface area contributed by atoms with Gasteiger partial charge < -0.3 is 14.5 Å². The number of aryl methyl sites for hydroxylation is 1. The van der Waals surface area contributed by atoms with Gasteiger partial charge in [-0.2, -0.15) is 0 Å². The minimum Gasteiger partial charge on any atom is -0.444 e. The number of piperidine rings is 1. The maximum absolute atomic E-state index is 13.9. The molecule has 8 heteroatoms. The van der Waals surface area contributed by atoms with Crippen LogP contribution >= 0.6 is 23.2 Å². The number of carbonyl (C=O) groups is 2. The molecule has 3 rings (SSSR count). The normalized spacial score (nSPS) is 15.6. The highest BCUT2D eigenvalue weighted by Gasteiger charge is 2.41. The van der Waals surface area contributed by atoms with E-state index in [-0.39, 0.29) is 24.2 Å². The number of hydrogen-bond donors (Lipinski definition) is 0. The Bertz CT molecular complexity index is 1070. The number of hydrogen-bond acceptors (Lipinski definition) is 3. The van der Waals surface area contributed by atoms with Crippen LogP contribution in [0.15, 0.2) is 36.4 Å². The highest BCUT2D eigenvalue weighted by molar-refractivity contribution is 6.34. The van der Waals surface area contributed by atoms with Crippen LogP contribution < -0.4 is 0 Å². The van der Waals surface area contributed by atoms with Gasteiger partial charge in [0.05, 0.1) is 0 Å². The van der Waals surface area contributed by atoms with Gasteiger partial charge in [-0.1, -0.05) is 29.3 Å². The summed E-state index contributed by atoms with van der Waals surface area (Å²) >= 11 is 12.2. The third-order valence-electron chi connectivity index (χ3n) is 6.39. The summed E-state index contributed by atoms with van der Waals surface area (Å²) in [5.41, 5.74) is 1.47. The highest BCUT2D eigenvalue weighted by atomic mass is 35.5. The van der Waals surface area contributed by atoms with Crippen molar-refractivity contribution in [2.24, 2.45) is 0 Å². The maximum atomic E-state index is 13.9. The van der Waals surface area contributed by atoms with Gasteiger partial charge in [0.2, 0.25) is 5.91 Å². The molecule has 1 heterocycles. The molecular weight excluding hydrogens is 490 g/mol. The molecule has 0 N–H and O–H groups in total. The van der Waals surface area contributed by atoms with Crippen LogP contribution in [-0.4, -0.2) is 47.5 Å². The lowest BCUT2D eigenvalue weighted by Gasteiger charge is -2.43. The van der Waals surface area contributed by atoms with Crippen molar-refractivity contribution in [1.29, 1.82) is 0 Å². The molecule has 0 aliphatic carbocycles. The fourth-order valence-corrected chi connectivity index (χ4v) is 5.27. The van der Waals surface area contributed by atoms with Gasteiger partial charge in [0.1, 0.15) is 11.4 Å². The minimum absolute atomic E-state index is 0.0458. The van der Waals surface area contributed by atoms with Crippen LogP contribution in [0.3, 0.4) is 0 Å². The molecule has 1 fully saturated rings. The molecule has 1 aliphatic rings. The van der Waals surface area contributed by atoms with E-state index in [1.165, 1.54) is 12.1 Å². The first kappa shape index (κ1) is 27.3. The van der Waals surface area contributed by atoms with Gasteiger partial charge in [-0.15, -0.1) is 0 Å². The molecule has 0 radical (unpaired) electrons. The molecule has 35 heavy (non-hydrogen) atoms. The zero-order valence-electron chi connectivity index (χ0n) is 21.0. The van der Waals surface area contributed by atoms with E-state index in [0.29, 0.717) is 42.5 Å². The smallest absolute Gasteiger partial charge is 0.410 e. The summed E-state index contributed by atoms with van der Waals surface area (Å²) in [5.74, 6) is -0.357. The van der Waals surface area contributed by atoms with Crippen molar-refractivity contribution in [3.63, 3.8) is 0 Å². The van der Waals surface area contributed by atoms with Crippen LogP contribution in [0.2, 0.25) is 10.0 Å². The lowest BCUT2D eigenvalue weighted by atomic mass is 9.69. The summed E-state index contributed by atoms with van der Waals surface area (Å²) in [4.78, 5) is 29.4. The van der Waals surface area contributed by atoms with Crippen LogP contribution in [0.5, 0.6) is 0 Å². The first-order valence-electron chi connectivity index (χ1n) is 11.7. The lowest BCUT2D eigenvalue weighted by molar-refractivity contribution is -0.132. The van der Waals surface area contributed by atoms with Crippen molar-refractivity contribution in [3.05, 3.63) is 69.0 Å². The van der Waals surface area contributed by atoms with Gasteiger partial charge in [-0.25, -0.2) is 9.18 Å². The number of likely N-dealkylation sites (tertiary alicyclic amines) is 1. The van der Waals surface area contributed by atoms with Crippen molar-refractivity contribution in [2.75, 3.05) is 20.1 Å². The van der Waals surface area contributed by atoms with E-state index in [9.17, 15) is 14.0 Å². The predicted octanol–water partition coefficient (Wildman–Crippen LogP) is 6.76. The number of carbonyl (C=O) groups excluding carboxylic acids is 2. The Kier molecular flexibility index (Phi) is 8.38. The molecule has 2 aromatic rings. The van der Waals surface area contributed by atoms with Crippen molar-refractivity contribution in [1.82, 2.24) is 9.80 Å². The van der Waals surface area contributed by atoms with Gasteiger partial charge in [-0.3, -0.25) is 4.79 Å². The van der Waals surface area contributed by atoms with Gasteiger partial charge in [0.15, 0.2) is 0 Å². The number of benzene rings is 2. The minimum atomic E-state index is -0.582. The SMILES string of the molecule is Cc1cc(F)ccc1C1(CC(=O)N(C)Cc2cc(Cl)cc(Cl)c2)CCN(C(=O)OC(C)(C)C)CC1. The van der Waals surface area contributed by atoms with E-state index in [4.69, 9.17) is 27.9 Å². The Morgan fingerprint density at radius 2 is 1.69 bits per heavy atom. The first-order chi connectivity index (χ1) is 16.3. The molecule has 190 valence electrons. The fraction of sp³-hybridized carbons (Fsp3) is 0.481. The second-order valence-corrected chi connectivity index (χ2v) is 11.3. The molecule has 0 aromatic heterocycles. The van der Waals surface area contributed by atoms with E-state index < -0.39 is 11.0 Å². The molecule has 0 saturated carbocycles. The van der Waals surface area contributed by atoms with Crippen LogP contribution in [-0.2, 0) is 21.5 Å². The van der Waals surface area contributed by atoms with E-state index in [0.717, 1.165) is 16.7 Å². The molecule has 2 aromatic carbocycles. The summed E-state index contributed by atoms with van der Waals surface area (Å²) in [5, 5.41) is 1.03. The monoisotopic (exact) mass is 522 g/mol. The summed E-state index contributed by atoms with van der Waals surface area (Å²) in [7, 11) is 1.75. The number of rotatable bonds is 5. The quantitative estimate of drug-likeness (QED) is 0.435. The van der Waals surface area contributed by atoms with Crippen LogP contribution in [0.1, 0.15) is 56.7 Å². The molecule has 0 atom stereocenters. The molecule has 0 bridgehead atoms. The van der Waals surface area contributed by atoms with Crippen LogP contribution in [0, 0.1) is 12.7 Å². The average Bonchev–Trinajstić information content (AvgIpc) is 2.72. The number of amides is 2. The Morgan fingerprint density at radius 1 is 1.09 bits per heavy atom. The molecule has 0 unspecified atom stereocenters. The van der Waals surface area contributed by atoms with Crippen molar-refractivity contribution in [2.45, 2.75) is 64.5 Å². The standard InChI is InChI=1S/C27H33Cl2FN2O3/c1-18-12-22(30)6-7-23(18)27(8-10-32(11-9-27)25(34)35-26(2,3)4)16-24(33)31(5)17-19-13-20(28)15-21(29)14-19/h6-7,12-15H,8-11,16-17H2,1-5H3. The van der Waals surface area contributed by atoms with Gasteiger partial charge in [0.25, 0.3) is 0 Å². The van der Waals surface area contributed by atoms with E-state index in [1.807, 2.05) is 27.7 Å². The number of halogens is 3. The Balaban J connectivity index is 1.82. The molecule has 1 saturated heterocycles. The Hall–Kier alpha value is -2.31. The highest BCUT2D eigenvalue weighted by Crippen LogP contribution is 2.41. The predicted molar refractivity (Wildman–Crippen MR) is 137 cm³/mol. The van der Waals surface area contributed by atoms with Gasteiger partial charge in [0, 0.05) is 48.6 Å². The zero-order valence-corrected chi connectivity index (χ0v) is 22.5. The second-order valence-electron chi connectivity index (χ2n) is 10.4. The lowest BCUT2D eigenvalue weighted by Crippen LogP contribution is -2.48. The Morgan fingerprint density at radius 3 is 2.23 bits per heavy atom. The van der Waals surface area contributed by atoms with Crippen molar-refractivity contribution in [3.8, 4) is 0 Å². The van der Waals surface area contributed by atoms with E-state index in [2.05, 4.69) is 0 Å². The van der Waals surface area contributed by atoms with E-state index in [1.54, 1.807) is 41.1 Å². The van der Waals surface area contributed by atoms with Crippen molar-refractivity contribution >= 4 is 35.2 Å². The fourth-order valence-electron chi connectivity index (χ4n) is 4.70. The van der Waals surface area contributed by atoms with Crippen LogP contribution in [0.4, 0.5) is 9.18 Å². The Labute approximate surface area is 217 Å². The molecule has 0 spiro atoms. The van der Waals surface area contributed by atoms with Crippen molar-refractivity contribution < 1.29 is 18.7 Å². The third kappa shape index (κ3) is 7.11.